The number of aryl methyl sites for hydroxylation is 1. The van der Waals surface area contributed by atoms with Crippen LogP contribution >= 0.6 is 0 Å². The summed E-state index contributed by atoms with van der Waals surface area (Å²) in [4.78, 5) is 27.7. The van der Waals surface area contributed by atoms with Gasteiger partial charge in [-0.15, -0.1) is 0 Å². The zero-order chi connectivity index (χ0) is 14.9. The van der Waals surface area contributed by atoms with Gasteiger partial charge in [-0.2, -0.15) is 0 Å². The Hall–Kier alpha value is -2.13. The van der Waals surface area contributed by atoms with Gasteiger partial charge in [0.05, 0.1) is 18.8 Å². The molecule has 1 aromatic rings. The first-order chi connectivity index (χ1) is 9.49. The van der Waals surface area contributed by atoms with Crippen LogP contribution in [0.25, 0.3) is 10.4 Å². The number of aliphatic hydroxyl groups is 2. The molecule has 1 saturated heterocycles. The standard InChI is InChI=1S/C10H13N5O5/c1-4-2-15(10(19)12-8(4)18)9-7(17)6(13-14-11)5(3-16)20-9/h2,5-7,9,16-17H,3H2,1H3,(H,12,18,19)/t5-,6-,7+,9?/m1/s1. The van der Waals surface area contributed by atoms with Gasteiger partial charge in [0.15, 0.2) is 6.23 Å². The second-order valence-corrected chi connectivity index (χ2v) is 4.41. The molecule has 0 aliphatic carbocycles. The minimum absolute atomic E-state index is 0.258. The lowest BCUT2D eigenvalue weighted by atomic mass is 10.1. The molecule has 2 heterocycles. The van der Waals surface area contributed by atoms with Crippen LogP contribution in [0.5, 0.6) is 0 Å². The molecule has 2 rings (SSSR count). The highest BCUT2D eigenvalue weighted by molar-refractivity contribution is 5.04. The lowest BCUT2D eigenvalue weighted by Gasteiger charge is -2.17. The Morgan fingerprint density at radius 2 is 2.30 bits per heavy atom. The number of nitrogens with one attached hydrogen (secondary N) is 1. The van der Waals surface area contributed by atoms with E-state index in [1.165, 1.54) is 13.1 Å². The number of ether oxygens (including phenoxy) is 1. The van der Waals surface area contributed by atoms with Crippen LogP contribution in [0, 0.1) is 6.92 Å². The number of aromatic nitrogens is 2. The van der Waals surface area contributed by atoms with E-state index < -0.39 is 42.3 Å². The van der Waals surface area contributed by atoms with Crippen LogP contribution in [0.4, 0.5) is 0 Å². The van der Waals surface area contributed by atoms with Crippen molar-refractivity contribution in [3.8, 4) is 0 Å². The van der Waals surface area contributed by atoms with E-state index in [1.54, 1.807) is 0 Å². The van der Waals surface area contributed by atoms with Gasteiger partial charge >= 0.3 is 5.69 Å². The molecule has 1 unspecified atom stereocenters. The van der Waals surface area contributed by atoms with Gasteiger partial charge in [-0.1, -0.05) is 5.11 Å². The third-order valence-electron chi connectivity index (χ3n) is 3.12. The molecule has 1 aliphatic heterocycles. The van der Waals surface area contributed by atoms with Gasteiger partial charge in [0.25, 0.3) is 5.56 Å². The van der Waals surface area contributed by atoms with E-state index in [0.29, 0.717) is 0 Å². The van der Waals surface area contributed by atoms with E-state index >= 15 is 0 Å². The Labute approximate surface area is 111 Å². The zero-order valence-electron chi connectivity index (χ0n) is 10.5. The van der Waals surface area contributed by atoms with Crippen LogP contribution in [0.2, 0.25) is 0 Å². The molecule has 0 aromatic carbocycles. The van der Waals surface area contributed by atoms with E-state index in [1.807, 2.05) is 0 Å². The zero-order valence-corrected chi connectivity index (χ0v) is 10.5. The van der Waals surface area contributed by atoms with Gasteiger partial charge in [-0.25, -0.2) is 4.79 Å². The van der Waals surface area contributed by atoms with E-state index in [9.17, 15) is 14.7 Å². The van der Waals surface area contributed by atoms with Gasteiger partial charge in [-0.05, 0) is 12.5 Å². The fourth-order valence-electron chi connectivity index (χ4n) is 2.09. The molecular formula is C10H13N5O5. The SMILES string of the molecule is Cc1cn(C2O[C@H](CO)[C@@H](N=[N+]=[N-])[C@@H]2O)c(=O)[nH]c1=O. The fourth-order valence-corrected chi connectivity index (χ4v) is 2.09. The Morgan fingerprint density at radius 1 is 1.60 bits per heavy atom. The average molecular weight is 283 g/mol. The van der Waals surface area contributed by atoms with Crippen LogP contribution in [0.1, 0.15) is 11.8 Å². The van der Waals surface area contributed by atoms with Crippen LogP contribution in [0.3, 0.4) is 0 Å². The fraction of sp³-hybridized carbons (Fsp3) is 0.600. The van der Waals surface area contributed by atoms with Crippen molar-refractivity contribution in [1.82, 2.24) is 9.55 Å². The summed E-state index contributed by atoms with van der Waals surface area (Å²) in [6, 6.07) is -1.02. The number of nitrogens with zero attached hydrogens (tertiary/aromatic N) is 4. The molecule has 3 N–H and O–H groups in total. The van der Waals surface area contributed by atoms with Gasteiger partial charge in [-0.3, -0.25) is 14.3 Å². The molecule has 1 aliphatic rings. The lowest BCUT2D eigenvalue weighted by molar-refractivity contribution is -0.0532. The Kier molecular flexibility index (Phi) is 3.91. The maximum Gasteiger partial charge on any atom is 0.330 e. The van der Waals surface area contributed by atoms with Crippen molar-refractivity contribution in [2.75, 3.05) is 6.61 Å². The monoisotopic (exact) mass is 283 g/mol. The molecule has 10 nitrogen and oxygen atoms in total. The van der Waals surface area contributed by atoms with Crippen molar-refractivity contribution in [2.24, 2.45) is 5.11 Å². The number of hydrogen-bond acceptors (Lipinski definition) is 6. The number of H-pyrrole nitrogens is 1. The number of azide groups is 1. The summed E-state index contributed by atoms with van der Waals surface area (Å²) in [6.45, 7) is 1.01. The number of aromatic amines is 1. The van der Waals surface area contributed by atoms with Crippen molar-refractivity contribution in [3.05, 3.63) is 43.0 Å². The molecule has 1 aromatic heterocycles. The minimum atomic E-state index is -1.31. The first-order valence-corrected chi connectivity index (χ1v) is 5.80. The lowest BCUT2D eigenvalue weighted by Crippen LogP contribution is -2.38. The largest absolute Gasteiger partial charge is 0.394 e. The quantitative estimate of drug-likeness (QED) is 0.360. The minimum Gasteiger partial charge on any atom is -0.394 e. The summed E-state index contributed by atoms with van der Waals surface area (Å²) >= 11 is 0. The summed E-state index contributed by atoms with van der Waals surface area (Å²) in [7, 11) is 0. The summed E-state index contributed by atoms with van der Waals surface area (Å²) in [5.74, 6) is 0. The van der Waals surface area contributed by atoms with Crippen LogP contribution < -0.4 is 11.2 Å². The molecule has 0 bridgehead atoms. The third kappa shape index (κ3) is 2.32. The summed E-state index contributed by atoms with van der Waals surface area (Å²) in [6.07, 6.45) is -2.15. The predicted molar refractivity (Wildman–Crippen MR) is 66.0 cm³/mol. The smallest absolute Gasteiger partial charge is 0.330 e. The highest BCUT2D eigenvalue weighted by atomic mass is 16.5. The molecule has 0 spiro atoms. The second-order valence-electron chi connectivity index (χ2n) is 4.41. The highest BCUT2D eigenvalue weighted by Gasteiger charge is 2.44. The van der Waals surface area contributed by atoms with E-state index in [-0.39, 0.29) is 5.56 Å². The van der Waals surface area contributed by atoms with Crippen molar-refractivity contribution in [1.29, 1.82) is 0 Å². The second kappa shape index (κ2) is 5.47. The average Bonchev–Trinajstić information content (AvgIpc) is 2.72. The summed E-state index contributed by atoms with van der Waals surface area (Å²) in [5, 5.41) is 22.6. The van der Waals surface area contributed by atoms with Crippen LogP contribution in [-0.4, -0.2) is 44.6 Å². The molecule has 10 heteroatoms. The topological polar surface area (TPSA) is 153 Å². The Balaban J connectivity index is 2.44. The first-order valence-electron chi connectivity index (χ1n) is 5.80. The van der Waals surface area contributed by atoms with Gasteiger partial charge in [0.2, 0.25) is 0 Å². The normalized spacial score (nSPS) is 29.1. The molecule has 0 saturated carbocycles. The number of rotatable bonds is 3. The van der Waals surface area contributed by atoms with Gasteiger partial charge < -0.3 is 14.9 Å². The molecule has 0 radical (unpaired) electrons. The predicted octanol–water partition coefficient (Wildman–Crippen LogP) is -1.23. The first kappa shape index (κ1) is 14.3. The molecule has 20 heavy (non-hydrogen) atoms. The summed E-state index contributed by atoms with van der Waals surface area (Å²) in [5.41, 5.74) is 7.40. The van der Waals surface area contributed by atoms with Crippen molar-refractivity contribution in [3.63, 3.8) is 0 Å². The van der Waals surface area contributed by atoms with Crippen molar-refractivity contribution >= 4 is 0 Å². The molecule has 1 fully saturated rings. The van der Waals surface area contributed by atoms with Crippen molar-refractivity contribution in [2.45, 2.75) is 31.4 Å². The van der Waals surface area contributed by atoms with Crippen LogP contribution in [0.15, 0.2) is 20.9 Å². The van der Waals surface area contributed by atoms with E-state index in [4.69, 9.17) is 15.4 Å². The molecule has 0 amide bonds. The molecular weight excluding hydrogens is 270 g/mol. The third-order valence-corrected chi connectivity index (χ3v) is 3.12. The Bertz CT molecular complexity index is 661. The summed E-state index contributed by atoms with van der Waals surface area (Å²) < 4.78 is 6.32. The van der Waals surface area contributed by atoms with Gasteiger partial charge in [0.1, 0.15) is 6.10 Å². The Morgan fingerprint density at radius 3 is 2.90 bits per heavy atom. The molecule has 108 valence electrons. The number of aliphatic hydroxyl groups excluding tert-OH is 2. The maximum atomic E-state index is 11.7. The van der Waals surface area contributed by atoms with Gasteiger partial charge in [0, 0.05) is 16.7 Å². The maximum absolute atomic E-state index is 11.7. The van der Waals surface area contributed by atoms with E-state index in [0.717, 1.165) is 4.57 Å². The van der Waals surface area contributed by atoms with E-state index in [2.05, 4.69) is 15.0 Å². The van der Waals surface area contributed by atoms with Crippen molar-refractivity contribution < 1.29 is 14.9 Å². The number of hydrogen-bond donors (Lipinski definition) is 3. The molecule has 4 atom stereocenters. The van der Waals surface area contributed by atoms with Crippen LogP contribution in [-0.2, 0) is 4.74 Å². The highest BCUT2D eigenvalue weighted by Crippen LogP contribution is 2.30.